The van der Waals surface area contributed by atoms with Gasteiger partial charge in [0.05, 0.1) is 24.4 Å². The maximum Gasteiger partial charge on any atom is 0.232 e. The molecule has 1 unspecified atom stereocenters. The van der Waals surface area contributed by atoms with E-state index in [1.54, 1.807) is 18.5 Å². The van der Waals surface area contributed by atoms with E-state index in [9.17, 15) is 4.79 Å². The number of carbonyl (C=O) groups is 1. The molecule has 1 aliphatic rings. The van der Waals surface area contributed by atoms with Crippen molar-refractivity contribution in [1.82, 2.24) is 14.5 Å². The number of nitrogens with one attached hydrogen (secondary N) is 1. The van der Waals surface area contributed by atoms with Crippen molar-refractivity contribution in [3.8, 4) is 5.75 Å². The lowest BCUT2D eigenvalue weighted by Crippen LogP contribution is -2.26. The van der Waals surface area contributed by atoms with E-state index in [0.29, 0.717) is 29.5 Å². The minimum atomic E-state index is -0.318. The molecular formula is C24H21ClN4O2. The fraction of sp³-hybridized carbons (Fsp3) is 0.208. The van der Waals surface area contributed by atoms with Gasteiger partial charge in [-0.15, -0.1) is 0 Å². The van der Waals surface area contributed by atoms with Crippen molar-refractivity contribution >= 4 is 34.0 Å². The molecule has 1 N–H and O–H groups in total. The topological polar surface area (TPSA) is 69.0 Å². The molecule has 0 spiro atoms. The molecule has 0 saturated heterocycles. The van der Waals surface area contributed by atoms with E-state index in [-0.39, 0.29) is 11.8 Å². The molecule has 0 fully saturated rings. The second kappa shape index (κ2) is 8.04. The Hall–Kier alpha value is -3.38. The van der Waals surface area contributed by atoms with Crippen molar-refractivity contribution in [2.24, 2.45) is 0 Å². The molecule has 2 aromatic carbocycles. The van der Waals surface area contributed by atoms with Gasteiger partial charge in [-0.3, -0.25) is 9.78 Å². The minimum Gasteiger partial charge on any atom is -0.493 e. The first kappa shape index (κ1) is 19.6. The number of aryl methyl sites for hydroxylation is 1. The lowest BCUT2D eigenvalue weighted by atomic mass is 9.92. The number of benzene rings is 2. The van der Waals surface area contributed by atoms with Gasteiger partial charge in [-0.1, -0.05) is 23.7 Å². The second-order valence-electron chi connectivity index (χ2n) is 7.71. The van der Waals surface area contributed by atoms with Crippen LogP contribution in [0.1, 0.15) is 29.3 Å². The third-order valence-electron chi connectivity index (χ3n) is 5.69. The van der Waals surface area contributed by atoms with Gasteiger partial charge in [-0.25, -0.2) is 4.98 Å². The third kappa shape index (κ3) is 3.86. The number of amides is 1. The Balaban J connectivity index is 1.41. The summed E-state index contributed by atoms with van der Waals surface area (Å²) in [7, 11) is 0. The highest BCUT2D eigenvalue weighted by molar-refractivity contribution is 6.30. The van der Waals surface area contributed by atoms with E-state index < -0.39 is 0 Å². The summed E-state index contributed by atoms with van der Waals surface area (Å²) in [5.74, 6) is 1.28. The lowest BCUT2D eigenvalue weighted by molar-refractivity contribution is -0.118. The van der Waals surface area contributed by atoms with Gasteiger partial charge in [0.25, 0.3) is 0 Å². The van der Waals surface area contributed by atoms with Crippen LogP contribution in [0.2, 0.25) is 5.02 Å². The quantitative estimate of drug-likeness (QED) is 0.495. The zero-order valence-electron chi connectivity index (χ0n) is 17.0. The van der Waals surface area contributed by atoms with Gasteiger partial charge in [0.2, 0.25) is 5.91 Å². The van der Waals surface area contributed by atoms with Crippen molar-refractivity contribution < 1.29 is 9.53 Å². The van der Waals surface area contributed by atoms with Crippen LogP contribution < -0.4 is 10.1 Å². The molecule has 0 radical (unpaired) electrons. The molecule has 0 saturated carbocycles. The summed E-state index contributed by atoms with van der Waals surface area (Å²) >= 11 is 6.16. The maximum atomic E-state index is 13.2. The van der Waals surface area contributed by atoms with Crippen LogP contribution in [0.15, 0.2) is 61.2 Å². The van der Waals surface area contributed by atoms with Gasteiger partial charge in [-0.2, -0.15) is 0 Å². The minimum absolute atomic E-state index is 0.0840. The Morgan fingerprint density at radius 2 is 2.16 bits per heavy atom. The van der Waals surface area contributed by atoms with E-state index in [4.69, 9.17) is 16.3 Å². The monoisotopic (exact) mass is 432 g/mol. The fourth-order valence-electron chi connectivity index (χ4n) is 4.05. The van der Waals surface area contributed by atoms with Gasteiger partial charge in [0.1, 0.15) is 11.6 Å². The molecule has 156 valence electrons. The summed E-state index contributed by atoms with van der Waals surface area (Å²) in [6, 6.07) is 11.6. The Morgan fingerprint density at radius 1 is 1.26 bits per heavy atom. The number of fused-ring (bicyclic) bond motifs is 2. The molecule has 4 aromatic rings. The van der Waals surface area contributed by atoms with Gasteiger partial charge >= 0.3 is 0 Å². The SMILES string of the molecule is Cc1nccn1Cc1ccc2c(NC(=O)C3CCOc4ccc(Cl)cc43)cncc2c1. The van der Waals surface area contributed by atoms with Crippen molar-refractivity contribution in [3.63, 3.8) is 0 Å². The molecular weight excluding hydrogens is 412 g/mol. The number of rotatable bonds is 4. The van der Waals surface area contributed by atoms with E-state index in [1.165, 1.54) is 0 Å². The summed E-state index contributed by atoms with van der Waals surface area (Å²) in [6.07, 6.45) is 7.88. The zero-order chi connectivity index (χ0) is 21.4. The molecule has 1 amide bonds. The van der Waals surface area contributed by atoms with Crippen molar-refractivity contribution in [2.75, 3.05) is 11.9 Å². The largest absolute Gasteiger partial charge is 0.493 e. The van der Waals surface area contributed by atoms with Crippen LogP contribution in [0.5, 0.6) is 5.75 Å². The molecule has 6 nitrogen and oxygen atoms in total. The van der Waals surface area contributed by atoms with Gasteiger partial charge in [0.15, 0.2) is 0 Å². The average molecular weight is 433 g/mol. The number of imidazole rings is 1. The van der Waals surface area contributed by atoms with Crippen LogP contribution in [0.25, 0.3) is 10.8 Å². The maximum absolute atomic E-state index is 13.2. The molecule has 5 rings (SSSR count). The smallest absolute Gasteiger partial charge is 0.232 e. The highest BCUT2D eigenvalue weighted by atomic mass is 35.5. The lowest BCUT2D eigenvalue weighted by Gasteiger charge is -2.25. The molecule has 0 aliphatic carbocycles. The molecule has 3 heterocycles. The van der Waals surface area contributed by atoms with Crippen molar-refractivity contribution in [3.05, 3.63) is 83.2 Å². The number of pyridine rings is 1. The average Bonchev–Trinajstić information content (AvgIpc) is 3.17. The standard InChI is InChI=1S/C24H21ClN4O2/c1-15-27-7-8-29(15)14-16-2-4-19-17(10-16)12-26-13-22(19)28-24(30)20-6-9-31-23-5-3-18(25)11-21(20)23/h2-5,7-8,10-13,20H,6,9,14H2,1H3,(H,28,30). The third-order valence-corrected chi connectivity index (χ3v) is 5.92. The fourth-order valence-corrected chi connectivity index (χ4v) is 4.23. The second-order valence-corrected chi connectivity index (χ2v) is 8.14. The number of aromatic nitrogens is 3. The number of hydrogen-bond acceptors (Lipinski definition) is 4. The van der Waals surface area contributed by atoms with E-state index in [1.807, 2.05) is 37.5 Å². The highest BCUT2D eigenvalue weighted by Crippen LogP contribution is 2.36. The first-order valence-corrected chi connectivity index (χ1v) is 10.5. The number of carbonyl (C=O) groups excluding carboxylic acids is 1. The van der Waals surface area contributed by atoms with Gasteiger partial charge in [0, 0.05) is 46.5 Å². The van der Waals surface area contributed by atoms with E-state index >= 15 is 0 Å². The summed E-state index contributed by atoms with van der Waals surface area (Å²) in [5, 5.41) is 5.59. The Labute approximate surface area is 184 Å². The van der Waals surface area contributed by atoms with Crippen LogP contribution >= 0.6 is 11.6 Å². The molecule has 31 heavy (non-hydrogen) atoms. The highest BCUT2D eigenvalue weighted by Gasteiger charge is 2.28. The molecule has 2 aromatic heterocycles. The molecule has 1 aliphatic heterocycles. The predicted molar refractivity (Wildman–Crippen MR) is 121 cm³/mol. The van der Waals surface area contributed by atoms with E-state index in [0.717, 1.165) is 34.3 Å². The van der Waals surface area contributed by atoms with Crippen molar-refractivity contribution in [1.29, 1.82) is 0 Å². The summed E-state index contributed by atoms with van der Waals surface area (Å²) in [6.45, 7) is 3.22. The van der Waals surface area contributed by atoms with Crippen LogP contribution in [-0.4, -0.2) is 27.0 Å². The van der Waals surface area contributed by atoms with Crippen LogP contribution in [-0.2, 0) is 11.3 Å². The number of hydrogen-bond donors (Lipinski definition) is 1. The van der Waals surface area contributed by atoms with Gasteiger partial charge in [-0.05, 0) is 43.2 Å². The summed E-state index contributed by atoms with van der Waals surface area (Å²) in [5.41, 5.74) is 2.66. The van der Waals surface area contributed by atoms with Crippen LogP contribution in [0, 0.1) is 6.92 Å². The Morgan fingerprint density at radius 3 is 3.00 bits per heavy atom. The summed E-state index contributed by atoms with van der Waals surface area (Å²) < 4.78 is 7.78. The molecule has 7 heteroatoms. The predicted octanol–water partition coefficient (Wildman–Crippen LogP) is 4.95. The van der Waals surface area contributed by atoms with Crippen LogP contribution in [0.3, 0.4) is 0 Å². The number of nitrogens with zero attached hydrogens (tertiary/aromatic N) is 3. The number of halogens is 1. The number of anilines is 1. The zero-order valence-corrected chi connectivity index (χ0v) is 17.8. The molecule has 0 bridgehead atoms. The van der Waals surface area contributed by atoms with Crippen LogP contribution in [0.4, 0.5) is 5.69 Å². The van der Waals surface area contributed by atoms with Crippen molar-refractivity contribution in [2.45, 2.75) is 25.8 Å². The Kier molecular flexibility index (Phi) is 5.08. The first-order chi connectivity index (χ1) is 15.1. The number of ether oxygens (including phenoxy) is 1. The van der Waals surface area contributed by atoms with E-state index in [2.05, 4.69) is 32.0 Å². The normalized spacial score (nSPS) is 15.4. The first-order valence-electron chi connectivity index (χ1n) is 10.2. The van der Waals surface area contributed by atoms with Gasteiger partial charge < -0.3 is 14.6 Å². The Bertz CT molecular complexity index is 1280. The molecule has 1 atom stereocenters. The summed E-state index contributed by atoms with van der Waals surface area (Å²) in [4.78, 5) is 21.8.